The van der Waals surface area contributed by atoms with Crippen molar-refractivity contribution in [2.45, 2.75) is 39.9 Å². The minimum atomic E-state index is 0.425. The Morgan fingerprint density at radius 2 is 2.05 bits per heavy atom. The minimum Gasteiger partial charge on any atom is -0.467 e. The highest BCUT2D eigenvalue weighted by Crippen LogP contribution is 2.28. The van der Waals surface area contributed by atoms with Crippen molar-refractivity contribution in [3.63, 3.8) is 0 Å². The maximum Gasteiger partial charge on any atom is 0.123 e. The van der Waals surface area contributed by atoms with E-state index in [1.54, 1.807) is 6.26 Å². The molecule has 0 fully saturated rings. The predicted molar refractivity (Wildman–Crippen MR) is 88.9 cm³/mol. The molecule has 2 aromatic rings. The lowest BCUT2D eigenvalue weighted by molar-refractivity contribution is 0.503. The van der Waals surface area contributed by atoms with Gasteiger partial charge in [-0.25, -0.2) is 0 Å². The highest BCUT2D eigenvalue weighted by atomic mass is 35.5. The van der Waals surface area contributed by atoms with Gasteiger partial charge >= 0.3 is 0 Å². The summed E-state index contributed by atoms with van der Waals surface area (Å²) in [4.78, 5) is 2.28. The Hall–Kier alpha value is -1.45. The lowest BCUT2D eigenvalue weighted by Crippen LogP contribution is -2.27. The smallest absolute Gasteiger partial charge is 0.123 e. The Kier molecular flexibility index (Phi) is 5.71. The zero-order valence-electron chi connectivity index (χ0n) is 12.9. The van der Waals surface area contributed by atoms with Crippen LogP contribution in [0.15, 0.2) is 41.0 Å². The van der Waals surface area contributed by atoms with Crippen molar-refractivity contribution in [2.24, 2.45) is 0 Å². The third kappa shape index (κ3) is 4.26. The van der Waals surface area contributed by atoms with Crippen LogP contribution >= 0.6 is 11.6 Å². The molecular formula is C17H23ClN2O. The highest BCUT2D eigenvalue weighted by molar-refractivity contribution is 6.31. The van der Waals surface area contributed by atoms with E-state index in [9.17, 15) is 0 Å². The first-order chi connectivity index (χ1) is 10.1. The van der Waals surface area contributed by atoms with Gasteiger partial charge < -0.3 is 14.6 Å². The van der Waals surface area contributed by atoms with E-state index in [4.69, 9.17) is 16.0 Å². The number of benzene rings is 1. The van der Waals surface area contributed by atoms with Crippen LogP contribution in [-0.4, -0.2) is 12.6 Å². The summed E-state index contributed by atoms with van der Waals surface area (Å²) in [6.07, 6.45) is 1.71. The quantitative estimate of drug-likeness (QED) is 0.819. The van der Waals surface area contributed by atoms with Gasteiger partial charge in [0.05, 0.1) is 12.8 Å². The number of hydrogen-bond acceptors (Lipinski definition) is 3. The van der Waals surface area contributed by atoms with E-state index in [2.05, 4.69) is 37.1 Å². The van der Waals surface area contributed by atoms with Gasteiger partial charge in [-0.05, 0) is 31.2 Å². The van der Waals surface area contributed by atoms with Crippen molar-refractivity contribution in [1.82, 2.24) is 5.32 Å². The van der Waals surface area contributed by atoms with Crippen LogP contribution in [-0.2, 0) is 13.1 Å². The lowest BCUT2D eigenvalue weighted by atomic mass is 10.1. The molecule has 4 heteroatoms. The molecule has 0 radical (unpaired) electrons. The Morgan fingerprint density at radius 1 is 1.24 bits per heavy atom. The van der Waals surface area contributed by atoms with Crippen molar-refractivity contribution in [2.75, 3.05) is 11.4 Å². The maximum absolute atomic E-state index is 6.41. The molecule has 0 aliphatic carbocycles. The third-order valence-electron chi connectivity index (χ3n) is 3.43. The number of hydrogen-bond donors (Lipinski definition) is 1. The first kappa shape index (κ1) is 15.9. The zero-order valence-corrected chi connectivity index (χ0v) is 13.7. The molecule has 21 heavy (non-hydrogen) atoms. The number of nitrogens with one attached hydrogen (secondary N) is 1. The summed E-state index contributed by atoms with van der Waals surface area (Å²) in [5.41, 5.74) is 2.30. The average Bonchev–Trinajstić information content (AvgIpc) is 2.96. The Balaban J connectivity index is 2.25. The number of furan rings is 1. The summed E-state index contributed by atoms with van der Waals surface area (Å²) in [6, 6.07) is 10.4. The fourth-order valence-electron chi connectivity index (χ4n) is 2.28. The van der Waals surface area contributed by atoms with Gasteiger partial charge in [0.15, 0.2) is 0 Å². The fourth-order valence-corrected chi connectivity index (χ4v) is 2.52. The van der Waals surface area contributed by atoms with E-state index in [0.29, 0.717) is 6.04 Å². The van der Waals surface area contributed by atoms with Gasteiger partial charge in [0.2, 0.25) is 0 Å². The monoisotopic (exact) mass is 306 g/mol. The van der Waals surface area contributed by atoms with Gasteiger partial charge in [0.25, 0.3) is 0 Å². The maximum atomic E-state index is 6.41. The molecule has 1 aromatic carbocycles. The van der Waals surface area contributed by atoms with Crippen LogP contribution in [0.1, 0.15) is 32.1 Å². The zero-order chi connectivity index (χ0) is 15.2. The molecule has 2 rings (SSSR count). The molecule has 0 unspecified atom stereocenters. The molecule has 114 valence electrons. The molecule has 0 saturated heterocycles. The van der Waals surface area contributed by atoms with Crippen molar-refractivity contribution >= 4 is 17.3 Å². The molecule has 0 bridgehead atoms. The van der Waals surface area contributed by atoms with Crippen molar-refractivity contribution < 1.29 is 4.42 Å². The van der Waals surface area contributed by atoms with E-state index in [-0.39, 0.29) is 0 Å². The summed E-state index contributed by atoms with van der Waals surface area (Å²) < 4.78 is 5.47. The second kappa shape index (κ2) is 7.53. The minimum absolute atomic E-state index is 0.425. The fraction of sp³-hybridized carbons (Fsp3) is 0.412. The average molecular weight is 307 g/mol. The molecule has 0 spiro atoms. The normalized spacial score (nSPS) is 11.1. The van der Waals surface area contributed by atoms with Crippen LogP contribution in [0.5, 0.6) is 0 Å². The first-order valence-electron chi connectivity index (χ1n) is 7.40. The predicted octanol–water partition coefficient (Wildman–Crippen LogP) is 4.46. The van der Waals surface area contributed by atoms with E-state index in [0.717, 1.165) is 41.7 Å². The number of anilines is 1. The van der Waals surface area contributed by atoms with E-state index in [1.807, 2.05) is 24.3 Å². The molecular weight excluding hydrogens is 284 g/mol. The van der Waals surface area contributed by atoms with Crippen molar-refractivity contribution in [3.05, 3.63) is 52.9 Å². The molecule has 0 amide bonds. The second-order valence-electron chi connectivity index (χ2n) is 5.37. The van der Waals surface area contributed by atoms with Crippen LogP contribution < -0.4 is 10.2 Å². The van der Waals surface area contributed by atoms with Gasteiger partial charge in [0, 0.05) is 35.4 Å². The molecule has 1 heterocycles. The Labute approximate surface area is 131 Å². The van der Waals surface area contributed by atoms with Gasteiger partial charge in [-0.15, -0.1) is 0 Å². The van der Waals surface area contributed by atoms with Crippen LogP contribution in [0.4, 0.5) is 5.69 Å². The molecule has 1 N–H and O–H groups in total. The van der Waals surface area contributed by atoms with Gasteiger partial charge in [-0.2, -0.15) is 0 Å². The number of nitrogens with zero attached hydrogens (tertiary/aromatic N) is 1. The van der Waals surface area contributed by atoms with E-state index >= 15 is 0 Å². The lowest BCUT2D eigenvalue weighted by Gasteiger charge is -2.26. The molecule has 3 nitrogen and oxygen atoms in total. The summed E-state index contributed by atoms with van der Waals surface area (Å²) >= 11 is 6.41. The van der Waals surface area contributed by atoms with Crippen LogP contribution in [0.3, 0.4) is 0 Å². The van der Waals surface area contributed by atoms with Gasteiger partial charge in [0.1, 0.15) is 5.76 Å². The SMILES string of the molecule is CCN(Cc1ccco1)c1cccc(Cl)c1CNC(C)C. The largest absolute Gasteiger partial charge is 0.467 e. The topological polar surface area (TPSA) is 28.4 Å². The van der Waals surface area contributed by atoms with E-state index < -0.39 is 0 Å². The summed E-state index contributed by atoms with van der Waals surface area (Å²) in [6.45, 7) is 8.83. The molecule has 1 aromatic heterocycles. The van der Waals surface area contributed by atoms with Crippen LogP contribution in [0.2, 0.25) is 5.02 Å². The van der Waals surface area contributed by atoms with Gasteiger partial charge in [-0.1, -0.05) is 31.5 Å². The van der Waals surface area contributed by atoms with Gasteiger partial charge in [-0.3, -0.25) is 0 Å². The van der Waals surface area contributed by atoms with Crippen molar-refractivity contribution in [3.8, 4) is 0 Å². The van der Waals surface area contributed by atoms with E-state index in [1.165, 1.54) is 0 Å². The summed E-state index contributed by atoms with van der Waals surface area (Å²) in [5, 5.41) is 4.25. The first-order valence-corrected chi connectivity index (χ1v) is 7.77. The second-order valence-corrected chi connectivity index (χ2v) is 5.77. The number of halogens is 1. The highest BCUT2D eigenvalue weighted by Gasteiger charge is 2.14. The molecule has 0 atom stereocenters. The molecule has 0 aliphatic heterocycles. The Morgan fingerprint density at radius 3 is 2.67 bits per heavy atom. The molecule has 0 aliphatic rings. The third-order valence-corrected chi connectivity index (χ3v) is 3.78. The van der Waals surface area contributed by atoms with Crippen LogP contribution in [0, 0.1) is 0 Å². The number of rotatable bonds is 7. The Bertz CT molecular complexity index is 552. The molecule has 0 saturated carbocycles. The summed E-state index contributed by atoms with van der Waals surface area (Å²) in [7, 11) is 0. The summed E-state index contributed by atoms with van der Waals surface area (Å²) in [5.74, 6) is 0.958. The standard InChI is InChI=1S/C17H23ClN2O/c1-4-20(12-14-7-6-10-21-14)17-9-5-8-16(18)15(17)11-19-13(2)3/h5-10,13,19H,4,11-12H2,1-3H3. The van der Waals surface area contributed by atoms with Crippen LogP contribution in [0.25, 0.3) is 0 Å². The van der Waals surface area contributed by atoms with Crippen molar-refractivity contribution in [1.29, 1.82) is 0 Å².